The first-order valence-corrected chi connectivity index (χ1v) is 4.33. The summed E-state index contributed by atoms with van der Waals surface area (Å²) in [6, 6.07) is 1.64. The van der Waals surface area contributed by atoms with Crippen LogP contribution >= 0.6 is 0 Å². The monoisotopic (exact) mass is 228 g/mol. The molecule has 0 atom stereocenters. The molecule has 0 bridgehead atoms. The first-order chi connectivity index (χ1) is 7.50. The fourth-order valence-electron chi connectivity index (χ4n) is 1.25. The number of anilines is 1. The Balaban J connectivity index is 2.61. The van der Waals surface area contributed by atoms with E-state index in [-0.39, 0.29) is 11.5 Å². The second-order valence-corrected chi connectivity index (χ2v) is 3.20. The van der Waals surface area contributed by atoms with Gasteiger partial charge in [-0.1, -0.05) is 5.21 Å². The highest BCUT2D eigenvalue weighted by Crippen LogP contribution is 2.18. The number of rotatable bonds is 1. The van der Waals surface area contributed by atoms with Crippen molar-refractivity contribution in [2.75, 3.05) is 5.73 Å². The van der Waals surface area contributed by atoms with E-state index in [2.05, 4.69) is 10.3 Å². The summed E-state index contributed by atoms with van der Waals surface area (Å²) in [4.78, 5) is 0. The zero-order chi connectivity index (χ0) is 11.9. The number of nitrogens with zero attached hydrogens (tertiary/aromatic N) is 3. The lowest BCUT2D eigenvalue weighted by molar-refractivity contribution is 0.445. The molecule has 1 heterocycles. The minimum absolute atomic E-state index is 0.0260. The Morgan fingerprint density at radius 2 is 1.75 bits per heavy atom. The quantitative estimate of drug-likeness (QED) is 0.754. The van der Waals surface area contributed by atoms with Crippen molar-refractivity contribution in [2.45, 2.75) is 6.92 Å². The third kappa shape index (κ3) is 1.50. The lowest BCUT2D eigenvalue weighted by Gasteiger charge is -2.04. The van der Waals surface area contributed by atoms with Gasteiger partial charge in [0.15, 0.2) is 23.3 Å². The molecule has 0 aliphatic heterocycles. The molecule has 16 heavy (non-hydrogen) atoms. The van der Waals surface area contributed by atoms with Gasteiger partial charge in [0.1, 0.15) is 0 Å². The summed E-state index contributed by atoms with van der Waals surface area (Å²) in [7, 11) is 0. The first kappa shape index (κ1) is 10.5. The average molecular weight is 228 g/mol. The average Bonchev–Trinajstić information content (AvgIpc) is 2.56. The standard InChI is InChI=1S/C9H7F3N4/c1-4-9(13)14-15-16(4)5-2-6(10)8(12)7(11)3-5/h2-3H,13H2,1H3. The number of aromatic nitrogens is 3. The molecule has 0 unspecified atom stereocenters. The summed E-state index contributed by atoms with van der Waals surface area (Å²) in [6.07, 6.45) is 0. The van der Waals surface area contributed by atoms with Crippen LogP contribution in [0.4, 0.5) is 19.0 Å². The second-order valence-electron chi connectivity index (χ2n) is 3.20. The van der Waals surface area contributed by atoms with Crippen LogP contribution in [0.25, 0.3) is 5.69 Å². The number of hydrogen-bond acceptors (Lipinski definition) is 3. The molecule has 7 heteroatoms. The zero-order valence-electron chi connectivity index (χ0n) is 8.21. The van der Waals surface area contributed by atoms with Crippen molar-refractivity contribution in [2.24, 2.45) is 0 Å². The molecule has 84 valence electrons. The summed E-state index contributed by atoms with van der Waals surface area (Å²) in [6.45, 7) is 1.58. The van der Waals surface area contributed by atoms with Crippen molar-refractivity contribution in [3.8, 4) is 5.69 Å². The molecule has 0 amide bonds. The molecule has 2 rings (SSSR count). The fourth-order valence-corrected chi connectivity index (χ4v) is 1.25. The molecule has 1 aromatic carbocycles. The van der Waals surface area contributed by atoms with Crippen LogP contribution in [0, 0.1) is 24.4 Å². The van der Waals surface area contributed by atoms with Crippen LogP contribution in [-0.2, 0) is 0 Å². The van der Waals surface area contributed by atoms with Gasteiger partial charge in [0.2, 0.25) is 0 Å². The second kappa shape index (κ2) is 3.51. The normalized spacial score (nSPS) is 10.8. The van der Waals surface area contributed by atoms with Gasteiger partial charge in [-0.3, -0.25) is 0 Å². The predicted octanol–water partition coefficient (Wildman–Crippen LogP) is 1.58. The molecule has 0 saturated carbocycles. The predicted molar refractivity (Wildman–Crippen MR) is 50.4 cm³/mol. The highest BCUT2D eigenvalue weighted by Gasteiger charge is 2.14. The molecule has 2 aromatic rings. The molecule has 1 aromatic heterocycles. The lowest BCUT2D eigenvalue weighted by Crippen LogP contribution is -2.03. The summed E-state index contributed by atoms with van der Waals surface area (Å²) >= 11 is 0. The van der Waals surface area contributed by atoms with Crippen molar-refractivity contribution in [3.05, 3.63) is 35.3 Å². The van der Waals surface area contributed by atoms with Crippen molar-refractivity contribution in [3.63, 3.8) is 0 Å². The van der Waals surface area contributed by atoms with E-state index < -0.39 is 17.5 Å². The van der Waals surface area contributed by atoms with Gasteiger partial charge in [-0.05, 0) is 6.92 Å². The number of benzene rings is 1. The molecule has 0 radical (unpaired) electrons. The van der Waals surface area contributed by atoms with E-state index in [9.17, 15) is 13.2 Å². The molecule has 0 aliphatic rings. The highest BCUT2D eigenvalue weighted by molar-refractivity contribution is 5.40. The van der Waals surface area contributed by atoms with Crippen molar-refractivity contribution in [1.29, 1.82) is 0 Å². The Hall–Kier alpha value is -2.05. The van der Waals surface area contributed by atoms with E-state index in [0.717, 1.165) is 16.8 Å². The van der Waals surface area contributed by atoms with Crippen LogP contribution in [0.1, 0.15) is 5.69 Å². The number of halogens is 3. The van der Waals surface area contributed by atoms with Crippen molar-refractivity contribution < 1.29 is 13.2 Å². The van der Waals surface area contributed by atoms with E-state index in [4.69, 9.17) is 5.73 Å². The minimum atomic E-state index is -1.52. The van der Waals surface area contributed by atoms with Crippen molar-refractivity contribution in [1.82, 2.24) is 15.0 Å². The van der Waals surface area contributed by atoms with Crippen LogP contribution in [0.3, 0.4) is 0 Å². The van der Waals surface area contributed by atoms with Gasteiger partial charge in [0.25, 0.3) is 0 Å². The maximum absolute atomic E-state index is 13.0. The summed E-state index contributed by atoms with van der Waals surface area (Å²) in [5.41, 5.74) is 5.88. The van der Waals surface area contributed by atoms with E-state index in [0.29, 0.717) is 5.69 Å². The first-order valence-electron chi connectivity index (χ1n) is 4.33. The van der Waals surface area contributed by atoms with Crippen LogP contribution in [0.2, 0.25) is 0 Å². The maximum atomic E-state index is 13.0. The van der Waals surface area contributed by atoms with Crippen LogP contribution in [-0.4, -0.2) is 15.0 Å². The van der Waals surface area contributed by atoms with E-state index in [1.807, 2.05) is 0 Å². The van der Waals surface area contributed by atoms with E-state index >= 15 is 0 Å². The Morgan fingerprint density at radius 3 is 2.19 bits per heavy atom. The molecular weight excluding hydrogens is 221 g/mol. The molecule has 2 N–H and O–H groups in total. The van der Waals surface area contributed by atoms with Crippen LogP contribution < -0.4 is 5.73 Å². The van der Waals surface area contributed by atoms with Gasteiger partial charge in [0.05, 0.1) is 11.4 Å². The van der Waals surface area contributed by atoms with Gasteiger partial charge >= 0.3 is 0 Å². The summed E-state index contributed by atoms with van der Waals surface area (Å²) in [5.74, 6) is -3.95. The SMILES string of the molecule is Cc1c(N)nnn1-c1cc(F)c(F)c(F)c1. The van der Waals surface area contributed by atoms with E-state index in [1.165, 1.54) is 0 Å². The van der Waals surface area contributed by atoms with Crippen LogP contribution in [0.5, 0.6) is 0 Å². The minimum Gasteiger partial charge on any atom is -0.381 e. The van der Waals surface area contributed by atoms with Crippen molar-refractivity contribution >= 4 is 5.82 Å². The summed E-state index contributed by atoms with van der Waals surface area (Å²) in [5, 5.41) is 7.11. The fraction of sp³-hybridized carbons (Fsp3) is 0.111. The zero-order valence-corrected chi connectivity index (χ0v) is 8.21. The third-order valence-corrected chi connectivity index (χ3v) is 2.14. The Labute approximate surface area is 88.5 Å². The highest BCUT2D eigenvalue weighted by atomic mass is 19.2. The molecule has 0 fully saturated rings. The third-order valence-electron chi connectivity index (χ3n) is 2.14. The topological polar surface area (TPSA) is 56.7 Å². The molecule has 4 nitrogen and oxygen atoms in total. The summed E-state index contributed by atoms with van der Waals surface area (Å²) < 4.78 is 39.8. The van der Waals surface area contributed by atoms with E-state index in [1.54, 1.807) is 6.92 Å². The molecule has 0 saturated heterocycles. The largest absolute Gasteiger partial charge is 0.381 e. The van der Waals surface area contributed by atoms with Gasteiger partial charge in [-0.25, -0.2) is 17.9 Å². The van der Waals surface area contributed by atoms with Gasteiger partial charge in [-0.15, -0.1) is 5.10 Å². The Morgan fingerprint density at radius 1 is 1.19 bits per heavy atom. The van der Waals surface area contributed by atoms with Gasteiger partial charge < -0.3 is 5.73 Å². The smallest absolute Gasteiger partial charge is 0.194 e. The Kier molecular flexibility index (Phi) is 2.30. The van der Waals surface area contributed by atoms with Crippen LogP contribution in [0.15, 0.2) is 12.1 Å². The number of hydrogen-bond donors (Lipinski definition) is 1. The lowest BCUT2D eigenvalue weighted by atomic mass is 10.3. The van der Waals surface area contributed by atoms with Gasteiger partial charge in [0, 0.05) is 12.1 Å². The number of nitrogen functional groups attached to an aromatic ring is 1. The number of nitrogens with two attached hydrogens (primary N) is 1. The molecule has 0 aliphatic carbocycles. The van der Waals surface area contributed by atoms with Gasteiger partial charge in [-0.2, -0.15) is 0 Å². The Bertz CT molecular complexity index is 527. The molecule has 0 spiro atoms. The maximum Gasteiger partial charge on any atom is 0.194 e. The molecular formula is C9H7F3N4.